The number of benzene rings is 1. The Hall–Kier alpha value is -3.29. The molecule has 3 aromatic rings. The average Bonchev–Trinajstić information content (AvgIpc) is 3.11. The van der Waals surface area contributed by atoms with Crippen LogP contribution in [0, 0.1) is 0 Å². The van der Waals surface area contributed by atoms with Gasteiger partial charge in [-0.15, -0.1) is 0 Å². The van der Waals surface area contributed by atoms with Gasteiger partial charge < -0.3 is 19.7 Å². The van der Waals surface area contributed by atoms with E-state index < -0.39 is 6.09 Å². The number of hydrogen-bond acceptors (Lipinski definition) is 4. The van der Waals surface area contributed by atoms with Crippen LogP contribution in [0.15, 0.2) is 41.3 Å². The lowest BCUT2D eigenvalue weighted by atomic mass is 9.93. The first-order chi connectivity index (χ1) is 13.1. The quantitative estimate of drug-likeness (QED) is 0.740. The van der Waals surface area contributed by atoms with Crippen LogP contribution in [0.1, 0.15) is 24.5 Å². The molecule has 3 heterocycles. The summed E-state index contributed by atoms with van der Waals surface area (Å²) in [5, 5.41) is 13.6. The summed E-state index contributed by atoms with van der Waals surface area (Å²) in [5.41, 5.74) is 2.97. The van der Waals surface area contributed by atoms with Gasteiger partial charge in [0.1, 0.15) is 11.4 Å². The van der Waals surface area contributed by atoms with Crippen molar-refractivity contribution in [2.75, 3.05) is 20.2 Å². The molecule has 0 unspecified atom stereocenters. The Labute approximate surface area is 155 Å². The van der Waals surface area contributed by atoms with Gasteiger partial charge in [0.05, 0.1) is 19.0 Å². The maximum absolute atomic E-state index is 12.3. The highest BCUT2D eigenvalue weighted by atomic mass is 16.5. The lowest BCUT2D eigenvalue weighted by Crippen LogP contribution is -2.37. The van der Waals surface area contributed by atoms with Gasteiger partial charge in [-0.2, -0.15) is 5.10 Å². The number of ether oxygens (including phenoxy) is 1. The van der Waals surface area contributed by atoms with Gasteiger partial charge in [0.25, 0.3) is 5.56 Å². The first-order valence-electron chi connectivity index (χ1n) is 8.80. The van der Waals surface area contributed by atoms with Gasteiger partial charge in [-0.3, -0.25) is 4.79 Å². The lowest BCUT2D eigenvalue weighted by Gasteiger charge is -2.30. The van der Waals surface area contributed by atoms with Gasteiger partial charge in [-0.1, -0.05) is 12.1 Å². The number of carbonyl (C=O) groups is 1. The number of amides is 1. The Morgan fingerprint density at radius 3 is 2.78 bits per heavy atom. The summed E-state index contributed by atoms with van der Waals surface area (Å²) in [4.78, 5) is 27.7. The van der Waals surface area contributed by atoms with Gasteiger partial charge in [-0.25, -0.2) is 9.31 Å². The molecule has 4 rings (SSSR count). The topological polar surface area (TPSA) is 99.9 Å². The van der Waals surface area contributed by atoms with E-state index >= 15 is 0 Å². The van der Waals surface area contributed by atoms with Crippen LogP contribution >= 0.6 is 0 Å². The number of aromatic nitrogens is 3. The molecule has 0 bridgehead atoms. The Kier molecular flexibility index (Phi) is 4.31. The molecule has 0 atom stereocenters. The van der Waals surface area contributed by atoms with Crippen molar-refractivity contribution >= 4 is 11.7 Å². The molecule has 140 valence electrons. The summed E-state index contributed by atoms with van der Waals surface area (Å²) in [7, 11) is 1.61. The van der Waals surface area contributed by atoms with Crippen molar-refractivity contribution in [2.45, 2.75) is 18.8 Å². The lowest BCUT2D eigenvalue weighted by molar-refractivity contribution is 0.131. The predicted molar refractivity (Wildman–Crippen MR) is 99.4 cm³/mol. The number of methoxy groups -OCH3 is 1. The van der Waals surface area contributed by atoms with Crippen LogP contribution in [0.25, 0.3) is 16.8 Å². The van der Waals surface area contributed by atoms with E-state index in [1.165, 1.54) is 4.90 Å². The third-order valence-corrected chi connectivity index (χ3v) is 5.10. The molecule has 27 heavy (non-hydrogen) atoms. The normalized spacial score (nSPS) is 15.2. The van der Waals surface area contributed by atoms with Gasteiger partial charge in [0.15, 0.2) is 0 Å². The third-order valence-electron chi connectivity index (χ3n) is 5.10. The molecule has 1 aliphatic heterocycles. The summed E-state index contributed by atoms with van der Waals surface area (Å²) in [6, 6.07) is 9.15. The average molecular weight is 368 g/mol. The number of H-pyrrole nitrogens is 1. The maximum atomic E-state index is 12.3. The van der Waals surface area contributed by atoms with Crippen molar-refractivity contribution in [3.05, 3.63) is 52.6 Å². The number of piperidine rings is 1. The maximum Gasteiger partial charge on any atom is 0.407 e. The minimum atomic E-state index is -0.899. The molecule has 1 aromatic carbocycles. The molecule has 8 heteroatoms. The SMILES string of the molecule is COc1cccc(-c2cnn3c(C4CCN(C(=O)O)CC4)cc(=O)[nH]c23)c1. The highest BCUT2D eigenvalue weighted by molar-refractivity contribution is 5.77. The molecule has 0 aliphatic carbocycles. The number of nitrogens with one attached hydrogen (secondary N) is 1. The minimum absolute atomic E-state index is 0.0865. The van der Waals surface area contributed by atoms with Crippen molar-refractivity contribution < 1.29 is 14.6 Å². The second-order valence-corrected chi connectivity index (χ2v) is 6.65. The van der Waals surface area contributed by atoms with Crippen LogP contribution in [0.5, 0.6) is 5.75 Å². The van der Waals surface area contributed by atoms with Gasteiger partial charge in [0.2, 0.25) is 0 Å². The minimum Gasteiger partial charge on any atom is -0.497 e. The summed E-state index contributed by atoms with van der Waals surface area (Å²) < 4.78 is 7.05. The van der Waals surface area contributed by atoms with Crippen molar-refractivity contribution in [1.29, 1.82) is 0 Å². The molecule has 1 amide bonds. The Bertz CT molecular complexity index is 1050. The molecule has 2 aromatic heterocycles. The Balaban J connectivity index is 1.75. The summed E-state index contributed by atoms with van der Waals surface area (Å²) in [6.07, 6.45) is 2.16. The van der Waals surface area contributed by atoms with E-state index in [1.807, 2.05) is 24.3 Å². The molecular weight excluding hydrogens is 348 g/mol. The molecule has 1 aliphatic rings. The fourth-order valence-corrected chi connectivity index (χ4v) is 3.67. The van der Waals surface area contributed by atoms with E-state index in [0.29, 0.717) is 31.6 Å². The summed E-state index contributed by atoms with van der Waals surface area (Å²) >= 11 is 0. The van der Waals surface area contributed by atoms with E-state index in [0.717, 1.165) is 22.6 Å². The molecule has 2 N–H and O–H groups in total. The number of rotatable bonds is 3. The van der Waals surface area contributed by atoms with E-state index in [2.05, 4.69) is 10.1 Å². The first kappa shape index (κ1) is 17.1. The van der Waals surface area contributed by atoms with Gasteiger partial charge in [0, 0.05) is 30.6 Å². The highest BCUT2D eigenvalue weighted by Gasteiger charge is 2.26. The van der Waals surface area contributed by atoms with Crippen LogP contribution < -0.4 is 10.3 Å². The third kappa shape index (κ3) is 3.14. The predicted octanol–water partition coefficient (Wildman–Crippen LogP) is 2.56. The van der Waals surface area contributed by atoms with E-state index in [1.54, 1.807) is 23.9 Å². The highest BCUT2D eigenvalue weighted by Crippen LogP contribution is 2.31. The second kappa shape index (κ2) is 6.79. The van der Waals surface area contributed by atoms with Crippen LogP contribution in [-0.2, 0) is 0 Å². The summed E-state index contributed by atoms with van der Waals surface area (Å²) in [6.45, 7) is 0.913. The second-order valence-electron chi connectivity index (χ2n) is 6.65. The fourth-order valence-electron chi connectivity index (χ4n) is 3.67. The number of aromatic amines is 1. The number of hydrogen-bond donors (Lipinski definition) is 2. The molecule has 0 saturated carbocycles. The van der Waals surface area contributed by atoms with Crippen LogP contribution in [-0.4, -0.2) is 50.9 Å². The monoisotopic (exact) mass is 368 g/mol. The summed E-state index contributed by atoms with van der Waals surface area (Å²) in [5.74, 6) is 0.815. The molecule has 8 nitrogen and oxygen atoms in total. The van der Waals surface area contributed by atoms with E-state index in [-0.39, 0.29) is 11.5 Å². The number of nitrogens with zero attached hydrogens (tertiary/aromatic N) is 3. The van der Waals surface area contributed by atoms with Crippen molar-refractivity contribution in [2.24, 2.45) is 0 Å². The Morgan fingerprint density at radius 2 is 2.07 bits per heavy atom. The number of fused-ring (bicyclic) bond motifs is 1. The van der Waals surface area contributed by atoms with Crippen molar-refractivity contribution in [3.8, 4) is 16.9 Å². The molecule has 1 saturated heterocycles. The molecular formula is C19H20N4O4. The first-order valence-corrected chi connectivity index (χ1v) is 8.80. The molecule has 1 fully saturated rings. The zero-order chi connectivity index (χ0) is 19.0. The van der Waals surface area contributed by atoms with Crippen molar-refractivity contribution in [1.82, 2.24) is 19.5 Å². The van der Waals surface area contributed by atoms with E-state index in [4.69, 9.17) is 9.84 Å². The van der Waals surface area contributed by atoms with Crippen LogP contribution in [0.3, 0.4) is 0 Å². The van der Waals surface area contributed by atoms with Gasteiger partial charge in [-0.05, 0) is 30.5 Å². The van der Waals surface area contributed by atoms with Gasteiger partial charge >= 0.3 is 6.09 Å². The Morgan fingerprint density at radius 1 is 1.30 bits per heavy atom. The van der Waals surface area contributed by atoms with E-state index in [9.17, 15) is 9.59 Å². The van der Waals surface area contributed by atoms with Crippen molar-refractivity contribution in [3.63, 3.8) is 0 Å². The zero-order valence-electron chi connectivity index (χ0n) is 14.9. The van der Waals surface area contributed by atoms with Crippen LogP contribution in [0.2, 0.25) is 0 Å². The largest absolute Gasteiger partial charge is 0.497 e. The fraction of sp³-hybridized carbons (Fsp3) is 0.316. The standard InChI is InChI=1S/C19H20N4O4/c1-27-14-4-2-3-13(9-14)15-11-20-23-16(10-17(24)21-18(15)23)12-5-7-22(8-6-12)19(25)26/h2-4,9-12H,5-8H2,1H3,(H,21,24)(H,25,26). The smallest absolute Gasteiger partial charge is 0.407 e. The number of carboxylic acid groups (broad SMARTS) is 1. The van der Waals surface area contributed by atoms with Crippen LogP contribution in [0.4, 0.5) is 4.79 Å². The molecule has 0 spiro atoms. The molecule has 0 radical (unpaired) electrons. The number of likely N-dealkylation sites (tertiary alicyclic amines) is 1. The zero-order valence-corrected chi connectivity index (χ0v) is 14.9.